The van der Waals surface area contributed by atoms with Gasteiger partial charge in [0.25, 0.3) is 0 Å². The summed E-state index contributed by atoms with van der Waals surface area (Å²) in [5, 5.41) is 9.95. The fourth-order valence-electron chi connectivity index (χ4n) is 2.51. The van der Waals surface area contributed by atoms with Gasteiger partial charge in [0, 0.05) is 29.2 Å². The smallest absolute Gasteiger partial charge is 0.203 e. The van der Waals surface area contributed by atoms with Crippen molar-refractivity contribution >= 4 is 10.9 Å². The molecule has 0 atom stereocenters. The van der Waals surface area contributed by atoms with Crippen molar-refractivity contribution in [1.82, 2.24) is 4.98 Å². The number of ether oxygens (including phenoxy) is 4. The highest BCUT2D eigenvalue weighted by Gasteiger charge is 2.14. The molecule has 122 valence electrons. The van der Waals surface area contributed by atoms with Crippen LogP contribution in [0.25, 0.3) is 10.9 Å². The first-order valence-corrected chi connectivity index (χ1v) is 7.19. The van der Waals surface area contributed by atoms with Gasteiger partial charge in [-0.1, -0.05) is 0 Å². The van der Waals surface area contributed by atoms with E-state index in [4.69, 9.17) is 24.2 Å². The molecule has 3 rings (SSSR count). The molecule has 2 aromatic carbocycles. The van der Waals surface area contributed by atoms with Gasteiger partial charge in [-0.15, -0.1) is 0 Å². The Hall–Kier alpha value is -3.33. The molecule has 0 saturated heterocycles. The number of methoxy groups -OCH3 is 3. The minimum atomic E-state index is 0.500. The molecular weight excluding hydrogens is 308 g/mol. The highest BCUT2D eigenvalue weighted by molar-refractivity contribution is 5.86. The predicted molar refractivity (Wildman–Crippen MR) is 89.2 cm³/mol. The van der Waals surface area contributed by atoms with Gasteiger partial charge in [-0.05, 0) is 18.2 Å². The van der Waals surface area contributed by atoms with Crippen LogP contribution in [0.3, 0.4) is 0 Å². The number of rotatable bonds is 5. The Morgan fingerprint density at radius 3 is 2.21 bits per heavy atom. The molecule has 0 spiro atoms. The molecule has 0 radical (unpaired) electrons. The van der Waals surface area contributed by atoms with Crippen LogP contribution < -0.4 is 18.9 Å². The molecule has 1 aromatic heterocycles. The summed E-state index contributed by atoms with van der Waals surface area (Å²) in [6, 6.07) is 11.1. The number of hydrogen-bond acceptors (Lipinski definition) is 5. The van der Waals surface area contributed by atoms with Crippen LogP contribution in [0.1, 0.15) is 5.56 Å². The Morgan fingerprint density at radius 1 is 0.917 bits per heavy atom. The van der Waals surface area contributed by atoms with Gasteiger partial charge < -0.3 is 23.9 Å². The predicted octanol–water partition coefficient (Wildman–Crippen LogP) is 3.86. The van der Waals surface area contributed by atoms with Crippen molar-refractivity contribution in [3.05, 3.63) is 42.1 Å². The van der Waals surface area contributed by atoms with Crippen molar-refractivity contribution in [2.75, 3.05) is 21.3 Å². The minimum absolute atomic E-state index is 0.500. The summed E-state index contributed by atoms with van der Waals surface area (Å²) in [7, 11) is 4.64. The third-order valence-electron chi connectivity index (χ3n) is 3.65. The lowest BCUT2D eigenvalue weighted by molar-refractivity contribution is 0.321. The van der Waals surface area contributed by atoms with E-state index >= 15 is 0 Å². The second-order valence-corrected chi connectivity index (χ2v) is 4.98. The van der Waals surface area contributed by atoms with Crippen molar-refractivity contribution in [1.29, 1.82) is 5.26 Å². The molecule has 1 N–H and O–H groups in total. The molecule has 6 nitrogen and oxygen atoms in total. The number of hydrogen-bond donors (Lipinski definition) is 1. The summed E-state index contributed by atoms with van der Waals surface area (Å²) in [4.78, 5) is 3.05. The molecular formula is C18H16N2O4. The number of H-pyrrole nitrogens is 1. The summed E-state index contributed by atoms with van der Waals surface area (Å²) in [6.07, 6.45) is 1.67. The van der Waals surface area contributed by atoms with Crippen LogP contribution in [0.2, 0.25) is 0 Å². The number of fused-ring (bicyclic) bond motifs is 1. The summed E-state index contributed by atoms with van der Waals surface area (Å²) in [5.41, 5.74) is 1.45. The first-order chi connectivity index (χ1) is 11.7. The Bertz CT molecular complexity index is 899. The van der Waals surface area contributed by atoms with Gasteiger partial charge in [-0.2, -0.15) is 5.26 Å². The maximum atomic E-state index is 9.14. The molecule has 6 heteroatoms. The molecule has 0 fully saturated rings. The molecule has 0 aliphatic heterocycles. The molecule has 0 aliphatic carbocycles. The zero-order valence-corrected chi connectivity index (χ0v) is 13.5. The lowest BCUT2D eigenvalue weighted by Crippen LogP contribution is -1.96. The van der Waals surface area contributed by atoms with E-state index < -0.39 is 0 Å². The molecule has 0 aliphatic rings. The maximum Gasteiger partial charge on any atom is 0.203 e. The first kappa shape index (κ1) is 15.6. The van der Waals surface area contributed by atoms with Crippen molar-refractivity contribution in [2.45, 2.75) is 0 Å². The molecule has 24 heavy (non-hydrogen) atoms. The van der Waals surface area contributed by atoms with E-state index in [2.05, 4.69) is 11.1 Å². The summed E-state index contributed by atoms with van der Waals surface area (Å²) in [6.45, 7) is 0. The van der Waals surface area contributed by atoms with Crippen LogP contribution >= 0.6 is 0 Å². The van der Waals surface area contributed by atoms with Gasteiger partial charge in [0.15, 0.2) is 11.5 Å². The normalized spacial score (nSPS) is 10.2. The topological polar surface area (TPSA) is 76.5 Å². The highest BCUT2D eigenvalue weighted by atomic mass is 16.5. The van der Waals surface area contributed by atoms with E-state index in [0.29, 0.717) is 34.3 Å². The highest BCUT2D eigenvalue weighted by Crippen LogP contribution is 2.42. The first-order valence-electron chi connectivity index (χ1n) is 7.19. The van der Waals surface area contributed by atoms with E-state index in [-0.39, 0.29) is 0 Å². The van der Waals surface area contributed by atoms with E-state index in [9.17, 15) is 0 Å². The molecule has 0 bridgehead atoms. The van der Waals surface area contributed by atoms with Gasteiger partial charge in [0.05, 0.1) is 26.9 Å². The monoisotopic (exact) mass is 324 g/mol. The average molecular weight is 324 g/mol. The fourth-order valence-corrected chi connectivity index (χ4v) is 2.51. The number of nitrogens with zero attached hydrogens (tertiary/aromatic N) is 1. The summed E-state index contributed by atoms with van der Waals surface area (Å²) >= 11 is 0. The third kappa shape index (κ3) is 2.68. The van der Waals surface area contributed by atoms with Crippen LogP contribution in [0.4, 0.5) is 0 Å². The molecule has 3 aromatic rings. The van der Waals surface area contributed by atoms with Gasteiger partial charge in [-0.25, -0.2) is 0 Å². The quantitative estimate of drug-likeness (QED) is 0.771. The second-order valence-electron chi connectivity index (χ2n) is 4.98. The Balaban J connectivity index is 2.00. The molecule has 0 unspecified atom stereocenters. The average Bonchev–Trinajstić information content (AvgIpc) is 3.03. The summed E-state index contributed by atoms with van der Waals surface area (Å²) in [5.74, 6) is 2.66. The zero-order chi connectivity index (χ0) is 17.1. The van der Waals surface area contributed by atoms with E-state index in [1.54, 1.807) is 39.7 Å². The number of aromatic nitrogens is 1. The van der Waals surface area contributed by atoms with Crippen LogP contribution in [-0.2, 0) is 0 Å². The Labute approximate surface area is 139 Å². The zero-order valence-electron chi connectivity index (χ0n) is 13.5. The van der Waals surface area contributed by atoms with E-state index in [1.165, 1.54) is 0 Å². The van der Waals surface area contributed by atoms with Crippen LogP contribution in [0, 0.1) is 11.3 Å². The van der Waals surface area contributed by atoms with Crippen LogP contribution in [0.15, 0.2) is 36.5 Å². The second kappa shape index (κ2) is 6.42. The Morgan fingerprint density at radius 2 is 1.62 bits per heavy atom. The van der Waals surface area contributed by atoms with Gasteiger partial charge in [0.1, 0.15) is 17.6 Å². The molecule has 0 saturated carbocycles. The van der Waals surface area contributed by atoms with Gasteiger partial charge in [-0.3, -0.25) is 0 Å². The number of nitriles is 1. The van der Waals surface area contributed by atoms with Crippen molar-refractivity contribution in [2.24, 2.45) is 0 Å². The van der Waals surface area contributed by atoms with Gasteiger partial charge in [0.2, 0.25) is 5.75 Å². The lowest BCUT2D eigenvalue weighted by Gasteiger charge is -2.14. The van der Waals surface area contributed by atoms with Crippen molar-refractivity contribution < 1.29 is 18.9 Å². The lowest BCUT2D eigenvalue weighted by atomic mass is 10.2. The number of benzene rings is 2. The van der Waals surface area contributed by atoms with Gasteiger partial charge >= 0.3 is 0 Å². The van der Waals surface area contributed by atoms with Crippen molar-refractivity contribution in [3.63, 3.8) is 0 Å². The molecule has 1 heterocycles. The van der Waals surface area contributed by atoms with Crippen LogP contribution in [0.5, 0.6) is 28.7 Å². The minimum Gasteiger partial charge on any atom is -0.493 e. The standard InChI is InChI=1S/C18H16N2O4/c1-21-16-7-13(8-17(22-2)18(16)23-3)24-12-4-5-15-14(6-12)11(9-19)10-20-15/h4-8,10,20H,1-3H3. The van der Waals surface area contributed by atoms with Crippen molar-refractivity contribution in [3.8, 4) is 34.8 Å². The third-order valence-corrected chi connectivity index (χ3v) is 3.65. The molecule has 0 amide bonds. The Kier molecular flexibility index (Phi) is 4.17. The van der Waals surface area contributed by atoms with E-state index in [1.807, 2.05) is 18.2 Å². The number of nitrogens with one attached hydrogen (secondary N) is 1. The van der Waals surface area contributed by atoms with Crippen LogP contribution in [-0.4, -0.2) is 26.3 Å². The SMILES string of the molecule is COc1cc(Oc2ccc3[nH]cc(C#N)c3c2)cc(OC)c1OC. The maximum absolute atomic E-state index is 9.14. The fraction of sp³-hybridized carbons (Fsp3) is 0.167. The summed E-state index contributed by atoms with van der Waals surface area (Å²) < 4.78 is 21.8. The largest absolute Gasteiger partial charge is 0.493 e. The van der Waals surface area contributed by atoms with E-state index in [0.717, 1.165) is 10.9 Å². The number of aromatic amines is 1.